The molecule has 0 fully saturated rings. The molecule has 1 unspecified atom stereocenters. The van der Waals surface area contributed by atoms with Gasteiger partial charge in [0.1, 0.15) is 6.54 Å². The van der Waals surface area contributed by atoms with E-state index in [1.165, 1.54) is 12.3 Å². The maximum Gasteiger partial charge on any atom is 0.338 e. The van der Waals surface area contributed by atoms with E-state index in [2.05, 4.69) is 48.9 Å². The summed E-state index contributed by atoms with van der Waals surface area (Å²) in [6.07, 6.45) is 16.1. The molecule has 0 spiro atoms. The Labute approximate surface area is 283 Å². The first-order valence-corrected chi connectivity index (χ1v) is 16.1. The van der Waals surface area contributed by atoms with E-state index in [4.69, 9.17) is 4.74 Å². The van der Waals surface area contributed by atoms with Crippen molar-refractivity contribution in [1.29, 1.82) is 0 Å². The van der Waals surface area contributed by atoms with Crippen LogP contribution in [0.1, 0.15) is 68.0 Å². The van der Waals surface area contributed by atoms with E-state index in [0.717, 1.165) is 28.2 Å². The Morgan fingerprint density at radius 1 is 0.796 bits per heavy atom. The van der Waals surface area contributed by atoms with E-state index in [1.54, 1.807) is 36.8 Å². The summed E-state index contributed by atoms with van der Waals surface area (Å²) >= 11 is 0. The third-order valence-electron chi connectivity index (χ3n) is 8.07. The lowest BCUT2D eigenvalue weighted by Gasteiger charge is -2.13. The molecule has 1 atom stereocenters. The number of hydrogen-bond acceptors (Lipinski definition) is 8. The number of rotatable bonds is 15. The fourth-order valence-electron chi connectivity index (χ4n) is 5.51. The Balaban J connectivity index is 1.04. The largest absolute Gasteiger partial charge is 0.478 e. The zero-order chi connectivity index (χ0) is 34.0. The lowest BCUT2D eigenvalue weighted by Crippen LogP contribution is -2.42. The number of ether oxygens (including phenoxy) is 1. The molecule has 12 nitrogen and oxygen atoms in total. The van der Waals surface area contributed by atoms with Gasteiger partial charge in [-0.05, 0) is 60.5 Å². The van der Waals surface area contributed by atoms with Gasteiger partial charge in [-0.25, -0.2) is 14.2 Å². The molecule has 0 aliphatic carbocycles. The van der Waals surface area contributed by atoms with E-state index >= 15 is 0 Å². The number of carboxylic acid groups (broad SMARTS) is 1. The average Bonchev–Trinajstić information content (AvgIpc) is 3.82. The van der Waals surface area contributed by atoms with Gasteiger partial charge in [0.05, 0.1) is 30.0 Å². The third kappa shape index (κ3) is 9.28. The lowest BCUT2D eigenvalue weighted by molar-refractivity contribution is -0.710. The average molecular weight is 658 g/mol. The number of carbonyl (C=O) groups excluding carboxylic acids is 1. The summed E-state index contributed by atoms with van der Waals surface area (Å²) in [6.45, 7) is 4.30. The standard InChI is InChI=1S/C37H36N8O4/c1-27(23-43-24-29(5-7-35(43)26-45-16-3-12-42-45)19-34-20-30(36(46)47)8-13-38-34)10-17-49-37(48)31-9-14-39-33(21-31)18-28-4-6-32(40-22-28)25-44-15-2-11-41-44/h2-9,11-16,20-22,24,27H,10,17-19,23,25-26H2,1H3/p+1. The number of nitrogens with zero attached hydrogens (tertiary/aromatic N) is 8. The Morgan fingerprint density at radius 3 is 2.14 bits per heavy atom. The number of carboxylic acids is 1. The van der Waals surface area contributed by atoms with E-state index in [0.29, 0.717) is 50.2 Å². The highest BCUT2D eigenvalue weighted by molar-refractivity contribution is 5.89. The molecular formula is C37H37N8O4+. The lowest BCUT2D eigenvalue weighted by atomic mass is 10.1. The number of aromatic carboxylic acids is 1. The fourth-order valence-corrected chi connectivity index (χ4v) is 5.51. The Morgan fingerprint density at radius 2 is 1.47 bits per heavy atom. The molecule has 0 saturated carbocycles. The molecule has 6 heterocycles. The van der Waals surface area contributed by atoms with Gasteiger partial charge in [-0.3, -0.25) is 24.3 Å². The minimum absolute atomic E-state index is 0.189. The maximum atomic E-state index is 13.0. The van der Waals surface area contributed by atoms with Crippen LogP contribution in [0.4, 0.5) is 0 Å². The van der Waals surface area contributed by atoms with Crippen LogP contribution < -0.4 is 4.57 Å². The number of pyridine rings is 4. The molecular weight excluding hydrogens is 620 g/mol. The smallest absolute Gasteiger partial charge is 0.338 e. The van der Waals surface area contributed by atoms with Crippen LogP contribution in [0.25, 0.3) is 0 Å². The first-order chi connectivity index (χ1) is 23.9. The predicted octanol–water partition coefficient (Wildman–Crippen LogP) is 4.41. The second-order valence-electron chi connectivity index (χ2n) is 12.0. The SMILES string of the molecule is CC(CCOC(=O)c1ccnc(Cc2ccc(Cn3cccn3)nc2)c1)C[n+]1cc(Cc2cc(C(=O)O)ccn2)ccc1Cn1cccn1. The van der Waals surface area contributed by atoms with Crippen molar-refractivity contribution in [2.75, 3.05) is 6.61 Å². The van der Waals surface area contributed by atoms with E-state index in [1.807, 2.05) is 58.3 Å². The fraction of sp³-hybridized carbons (Fsp3) is 0.243. The molecule has 0 bridgehead atoms. The topological polar surface area (TPSA) is 142 Å². The van der Waals surface area contributed by atoms with Crippen molar-refractivity contribution in [3.63, 3.8) is 0 Å². The first-order valence-electron chi connectivity index (χ1n) is 16.1. The summed E-state index contributed by atoms with van der Waals surface area (Å²) in [5, 5.41) is 18.0. The van der Waals surface area contributed by atoms with Gasteiger partial charge in [0, 0.05) is 85.2 Å². The molecule has 6 rings (SSSR count). The molecule has 0 saturated heterocycles. The van der Waals surface area contributed by atoms with Crippen LogP contribution in [0.3, 0.4) is 0 Å². The summed E-state index contributed by atoms with van der Waals surface area (Å²) in [7, 11) is 0. The number of aromatic nitrogens is 8. The quantitative estimate of drug-likeness (QED) is 0.126. The van der Waals surface area contributed by atoms with Gasteiger partial charge in [-0.15, -0.1) is 0 Å². The van der Waals surface area contributed by atoms with Gasteiger partial charge < -0.3 is 9.84 Å². The molecule has 49 heavy (non-hydrogen) atoms. The molecule has 6 aromatic rings. The summed E-state index contributed by atoms with van der Waals surface area (Å²) in [5.74, 6) is -1.17. The van der Waals surface area contributed by atoms with Gasteiger partial charge in [0.15, 0.2) is 12.7 Å². The van der Waals surface area contributed by atoms with Crippen molar-refractivity contribution in [3.05, 3.63) is 155 Å². The minimum Gasteiger partial charge on any atom is -0.478 e. The molecule has 0 aromatic carbocycles. The highest BCUT2D eigenvalue weighted by atomic mass is 16.5. The van der Waals surface area contributed by atoms with Gasteiger partial charge in [0.2, 0.25) is 5.69 Å². The van der Waals surface area contributed by atoms with Gasteiger partial charge in [-0.2, -0.15) is 10.2 Å². The van der Waals surface area contributed by atoms with Crippen molar-refractivity contribution in [2.45, 2.75) is 45.8 Å². The summed E-state index contributed by atoms with van der Waals surface area (Å²) in [5.41, 5.74) is 6.09. The number of carbonyl (C=O) groups is 2. The maximum absolute atomic E-state index is 13.0. The van der Waals surface area contributed by atoms with Crippen LogP contribution in [0.15, 0.2) is 110 Å². The molecule has 0 amide bonds. The highest BCUT2D eigenvalue weighted by Gasteiger charge is 2.19. The summed E-state index contributed by atoms with van der Waals surface area (Å²) in [4.78, 5) is 37.8. The van der Waals surface area contributed by atoms with Crippen LogP contribution in [0.2, 0.25) is 0 Å². The molecule has 12 heteroatoms. The van der Waals surface area contributed by atoms with Crippen LogP contribution in [-0.2, 0) is 37.2 Å². The Kier molecular flexibility index (Phi) is 10.5. The van der Waals surface area contributed by atoms with Crippen LogP contribution in [0.5, 0.6) is 0 Å². The molecule has 1 N–H and O–H groups in total. The van der Waals surface area contributed by atoms with E-state index in [9.17, 15) is 14.7 Å². The van der Waals surface area contributed by atoms with Gasteiger partial charge >= 0.3 is 11.9 Å². The third-order valence-corrected chi connectivity index (χ3v) is 8.07. The van der Waals surface area contributed by atoms with Crippen LogP contribution in [-0.4, -0.2) is 58.2 Å². The normalized spacial score (nSPS) is 11.7. The molecule has 248 valence electrons. The van der Waals surface area contributed by atoms with Crippen LogP contribution in [0, 0.1) is 5.92 Å². The monoisotopic (exact) mass is 657 g/mol. The summed E-state index contributed by atoms with van der Waals surface area (Å²) in [6, 6.07) is 18.4. The second-order valence-corrected chi connectivity index (χ2v) is 12.0. The molecule has 6 aromatic heterocycles. The molecule has 0 aliphatic rings. The van der Waals surface area contributed by atoms with Gasteiger partial charge in [0.25, 0.3) is 0 Å². The second kappa shape index (κ2) is 15.7. The van der Waals surface area contributed by atoms with Crippen molar-refractivity contribution >= 4 is 11.9 Å². The Hall–Kier alpha value is -6.04. The van der Waals surface area contributed by atoms with Crippen molar-refractivity contribution in [1.82, 2.24) is 34.5 Å². The predicted molar refractivity (Wildman–Crippen MR) is 179 cm³/mol. The van der Waals surface area contributed by atoms with Gasteiger partial charge in [-0.1, -0.05) is 13.0 Å². The molecule has 0 radical (unpaired) electrons. The number of hydrogen-bond donors (Lipinski definition) is 1. The van der Waals surface area contributed by atoms with E-state index in [-0.39, 0.29) is 24.1 Å². The van der Waals surface area contributed by atoms with Crippen molar-refractivity contribution in [2.24, 2.45) is 5.92 Å². The van der Waals surface area contributed by atoms with Crippen molar-refractivity contribution in [3.8, 4) is 0 Å². The number of esters is 1. The highest BCUT2D eigenvalue weighted by Crippen LogP contribution is 2.14. The molecule has 0 aliphatic heterocycles. The first kappa shape index (κ1) is 32.9. The van der Waals surface area contributed by atoms with Crippen molar-refractivity contribution < 1.29 is 24.0 Å². The summed E-state index contributed by atoms with van der Waals surface area (Å²) < 4.78 is 11.6. The zero-order valence-corrected chi connectivity index (χ0v) is 27.2. The Bertz CT molecular complexity index is 1990. The van der Waals surface area contributed by atoms with Crippen LogP contribution >= 0.6 is 0 Å². The van der Waals surface area contributed by atoms with E-state index < -0.39 is 5.97 Å². The zero-order valence-electron chi connectivity index (χ0n) is 27.2. The minimum atomic E-state index is -0.978.